The SMILES string of the molecule is CN(C)C1(/N=N/N=N/c2ccccc2)C=CCC=C1. The Hall–Kier alpha value is -2.14. The minimum absolute atomic E-state index is 0.548. The van der Waals surface area contributed by atoms with Gasteiger partial charge in [0.1, 0.15) is 0 Å². The molecule has 1 aromatic carbocycles. The van der Waals surface area contributed by atoms with Gasteiger partial charge in [-0.05, 0) is 55.2 Å². The van der Waals surface area contributed by atoms with Crippen LogP contribution in [0.2, 0.25) is 0 Å². The van der Waals surface area contributed by atoms with Gasteiger partial charge in [-0.3, -0.25) is 4.90 Å². The molecule has 19 heavy (non-hydrogen) atoms. The second-order valence-corrected chi connectivity index (χ2v) is 4.43. The van der Waals surface area contributed by atoms with Crippen molar-refractivity contribution in [1.29, 1.82) is 0 Å². The Balaban J connectivity index is 2.08. The predicted molar refractivity (Wildman–Crippen MR) is 75.1 cm³/mol. The van der Waals surface area contributed by atoms with E-state index in [0.717, 1.165) is 12.1 Å². The summed E-state index contributed by atoms with van der Waals surface area (Å²) in [4.78, 5) is 1.97. The van der Waals surface area contributed by atoms with Crippen molar-refractivity contribution >= 4 is 5.69 Å². The maximum Gasteiger partial charge on any atom is 0.173 e. The van der Waals surface area contributed by atoms with Crippen LogP contribution in [0, 0.1) is 0 Å². The van der Waals surface area contributed by atoms with Crippen LogP contribution >= 0.6 is 0 Å². The van der Waals surface area contributed by atoms with Crippen molar-refractivity contribution in [2.45, 2.75) is 12.1 Å². The van der Waals surface area contributed by atoms with Crippen LogP contribution in [0.15, 0.2) is 75.3 Å². The largest absolute Gasteiger partial charge is 0.277 e. The monoisotopic (exact) mass is 255 g/mol. The second kappa shape index (κ2) is 6.15. The molecular weight excluding hydrogens is 238 g/mol. The molecule has 0 radical (unpaired) electrons. The average Bonchev–Trinajstić information content (AvgIpc) is 2.46. The first-order valence-electron chi connectivity index (χ1n) is 6.14. The topological polar surface area (TPSA) is 52.7 Å². The number of nitrogens with zero attached hydrogens (tertiary/aromatic N) is 5. The van der Waals surface area contributed by atoms with Crippen molar-refractivity contribution in [2.75, 3.05) is 14.1 Å². The summed E-state index contributed by atoms with van der Waals surface area (Å²) in [5.41, 5.74) is 0.212. The first kappa shape index (κ1) is 13.3. The van der Waals surface area contributed by atoms with Crippen LogP contribution in [0.3, 0.4) is 0 Å². The van der Waals surface area contributed by atoms with Crippen LogP contribution in [0.25, 0.3) is 0 Å². The summed E-state index contributed by atoms with van der Waals surface area (Å²) in [6, 6.07) is 9.46. The van der Waals surface area contributed by atoms with Crippen LogP contribution in [0.1, 0.15) is 6.42 Å². The predicted octanol–water partition coefficient (Wildman–Crippen LogP) is 3.91. The van der Waals surface area contributed by atoms with Crippen molar-refractivity contribution in [3.8, 4) is 0 Å². The van der Waals surface area contributed by atoms with Gasteiger partial charge < -0.3 is 0 Å². The van der Waals surface area contributed by atoms with Gasteiger partial charge in [0.2, 0.25) is 0 Å². The number of hydrogen-bond acceptors (Lipinski definition) is 3. The van der Waals surface area contributed by atoms with E-state index < -0.39 is 5.66 Å². The molecule has 0 bridgehead atoms. The molecule has 0 aliphatic heterocycles. The smallest absolute Gasteiger partial charge is 0.173 e. The molecule has 0 saturated carbocycles. The molecule has 0 amide bonds. The van der Waals surface area contributed by atoms with Crippen molar-refractivity contribution < 1.29 is 0 Å². The molecular formula is C14H17N5. The fourth-order valence-electron chi connectivity index (χ4n) is 1.73. The zero-order chi connectivity index (χ0) is 13.6. The number of hydrogen-bond donors (Lipinski definition) is 0. The Labute approximate surface area is 113 Å². The molecule has 0 atom stereocenters. The van der Waals surface area contributed by atoms with Crippen molar-refractivity contribution in [1.82, 2.24) is 4.90 Å². The van der Waals surface area contributed by atoms with Crippen LogP contribution in [-0.2, 0) is 0 Å². The van der Waals surface area contributed by atoms with Crippen LogP contribution in [-0.4, -0.2) is 24.7 Å². The number of rotatable bonds is 4. The Bertz CT molecular complexity index is 502. The second-order valence-electron chi connectivity index (χ2n) is 4.43. The molecule has 1 aromatic rings. The lowest BCUT2D eigenvalue weighted by molar-refractivity contribution is 0.258. The molecule has 0 aromatic heterocycles. The Kier molecular flexibility index (Phi) is 4.30. The van der Waals surface area contributed by atoms with Gasteiger partial charge in [-0.1, -0.05) is 30.4 Å². The zero-order valence-corrected chi connectivity index (χ0v) is 11.1. The molecule has 0 N–H and O–H groups in total. The highest BCUT2D eigenvalue weighted by Gasteiger charge is 2.27. The molecule has 0 saturated heterocycles. The standard InChI is InChI=1S/C14H17N5/c1-19(2)14(11-7-4-8-12-14)16-18-17-15-13-9-5-3-6-10-13/h3,5-12H,4H2,1-2H3/b17-15+,18-16+. The van der Waals surface area contributed by atoms with Gasteiger partial charge in [0, 0.05) is 0 Å². The summed E-state index contributed by atoms with van der Waals surface area (Å²) in [6.07, 6.45) is 9.07. The number of likely N-dealkylation sites (N-methyl/N-ethyl adjacent to an activating group) is 1. The van der Waals surface area contributed by atoms with E-state index in [2.05, 4.69) is 32.8 Å². The Morgan fingerprint density at radius 2 is 1.68 bits per heavy atom. The summed E-state index contributed by atoms with van der Waals surface area (Å²) in [7, 11) is 3.90. The van der Waals surface area contributed by atoms with Gasteiger partial charge in [-0.2, -0.15) is 0 Å². The zero-order valence-electron chi connectivity index (χ0n) is 11.1. The summed E-state index contributed by atoms with van der Waals surface area (Å²) in [5.74, 6) is 0. The highest BCUT2D eigenvalue weighted by atomic mass is 15.5. The van der Waals surface area contributed by atoms with Crippen molar-refractivity contribution in [3.05, 3.63) is 54.6 Å². The fraction of sp³-hybridized carbons (Fsp3) is 0.286. The lowest BCUT2D eigenvalue weighted by Crippen LogP contribution is -2.39. The molecule has 5 nitrogen and oxygen atoms in total. The minimum Gasteiger partial charge on any atom is -0.277 e. The lowest BCUT2D eigenvalue weighted by atomic mass is 10.0. The van der Waals surface area contributed by atoms with E-state index in [-0.39, 0.29) is 0 Å². The lowest BCUT2D eigenvalue weighted by Gasteiger charge is -2.30. The van der Waals surface area contributed by atoms with Gasteiger partial charge in [0.25, 0.3) is 0 Å². The van der Waals surface area contributed by atoms with Crippen LogP contribution < -0.4 is 0 Å². The third-order valence-electron chi connectivity index (χ3n) is 2.88. The molecule has 0 fully saturated rings. The first-order chi connectivity index (χ1) is 9.23. The normalized spacial score (nSPS) is 17.8. The Morgan fingerprint density at radius 1 is 1.00 bits per heavy atom. The number of benzene rings is 1. The molecule has 1 aliphatic rings. The summed E-state index contributed by atoms with van der Waals surface area (Å²) >= 11 is 0. The quantitative estimate of drug-likeness (QED) is 0.457. The van der Waals surface area contributed by atoms with E-state index in [1.807, 2.05) is 61.5 Å². The van der Waals surface area contributed by atoms with E-state index in [9.17, 15) is 0 Å². The molecule has 5 heteroatoms. The van der Waals surface area contributed by atoms with Crippen molar-refractivity contribution in [2.24, 2.45) is 20.7 Å². The molecule has 98 valence electrons. The van der Waals surface area contributed by atoms with Crippen LogP contribution in [0.5, 0.6) is 0 Å². The van der Waals surface area contributed by atoms with Gasteiger partial charge in [-0.25, -0.2) is 0 Å². The molecule has 2 rings (SSSR count). The van der Waals surface area contributed by atoms with E-state index >= 15 is 0 Å². The highest BCUT2D eigenvalue weighted by Crippen LogP contribution is 2.23. The van der Waals surface area contributed by atoms with Gasteiger partial charge >= 0.3 is 0 Å². The van der Waals surface area contributed by atoms with Crippen molar-refractivity contribution in [3.63, 3.8) is 0 Å². The fourth-order valence-corrected chi connectivity index (χ4v) is 1.73. The minimum atomic E-state index is -0.548. The number of allylic oxidation sites excluding steroid dienone is 2. The molecule has 1 aliphatic carbocycles. The van der Waals surface area contributed by atoms with Crippen LogP contribution in [0.4, 0.5) is 5.69 Å². The summed E-state index contributed by atoms with van der Waals surface area (Å²) < 4.78 is 0. The Morgan fingerprint density at radius 3 is 2.32 bits per heavy atom. The summed E-state index contributed by atoms with van der Waals surface area (Å²) in [6.45, 7) is 0. The molecule has 0 unspecified atom stereocenters. The van der Waals surface area contributed by atoms with E-state index in [1.54, 1.807) is 0 Å². The van der Waals surface area contributed by atoms with Gasteiger partial charge in [0.05, 0.1) is 5.69 Å². The average molecular weight is 255 g/mol. The van der Waals surface area contributed by atoms with E-state index in [1.165, 1.54) is 0 Å². The van der Waals surface area contributed by atoms with E-state index in [0.29, 0.717) is 0 Å². The first-order valence-corrected chi connectivity index (χ1v) is 6.14. The maximum atomic E-state index is 4.25. The third-order valence-corrected chi connectivity index (χ3v) is 2.88. The van der Waals surface area contributed by atoms with Gasteiger partial charge in [-0.15, -0.1) is 10.2 Å². The van der Waals surface area contributed by atoms with E-state index in [4.69, 9.17) is 0 Å². The highest BCUT2D eigenvalue weighted by molar-refractivity contribution is 5.34. The van der Waals surface area contributed by atoms with Gasteiger partial charge in [0.15, 0.2) is 5.66 Å². The third kappa shape index (κ3) is 3.42. The molecule has 0 heterocycles. The maximum absolute atomic E-state index is 4.25. The molecule has 0 spiro atoms. The summed E-state index contributed by atoms with van der Waals surface area (Å²) in [5, 5.41) is 15.8.